The minimum absolute atomic E-state index is 0.110. The molecule has 2 amide bonds. The van der Waals surface area contributed by atoms with Gasteiger partial charge in [0.15, 0.2) is 0 Å². The van der Waals surface area contributed by atoms with Gasteiger partial charge < -0.3 is 10.2 Å². The maximum atomic E-state index is 11.1. The van der Waals surface area contributed by atoms with E-state index < -0.39 is 0 Å². The van der Waals surface area contributed by atoms with Crippen molar-refractivity contribution in [1.82, 2.24) is 9.88 Å². The van der Waals surface area contributed by atoms with Gasteiger partial charge in [-0.3, -0.25) is 4.98 Å². The van der Waals surface area contributed by atoms with Crippen LogP contribution in [-0.4, -0.2) is 30.0 Å². The fraction of sp³-hybridized carbons (Fsp3) is 0.158. The number of hydrogen-bond acceptors (Lipinski definition) is 2. The maximum Gasteiger partial charge on any atom is 0.321 e. The van der Waals surface area contributed by atoms with Crippen LogP contribution in [-0.2, 0) is 0 Å². The predicted octanol–water partition coefficient (Wildman–Crippen LogP) is 4.32. The highest BCUT2D eigenvalue weighted by molar-refractivity contribution is 5.88. The van der Waals surface area contributed by atoms with Crippen LogP contribution >= 0.6 is 0 Å². The Morgan fingerprint density at radius 3 is 2.26 bits per heavy atom. The number of nitrogens with zero attached hydrogens (tertiary/aromatic N) is 2. The first-order chi connectivity index (χ1) is 11.1. The second-order valence-corrected chi connectivity index (χ2v) is 5.34. The van der Waals surface area contributed by atoms with E-state index in [4.69, 9.17) is 0 Å². The Morgan fingerprint density at radius 2 is 1.57 bits per heavy atom. The van der Waals surface area contributed by atoms with Crippen LogP contribution in [0.15, 0.2) is 66.7 Å². The van der Waals surface area contributed by atoms with Gasteiger partial charge in [0.05, 0.1) is 5.52 Å². The Kier molecular flexibility index (Phi) is 5.69. The average molecular weight is 307 g/mol. The summed E-state index contributed by atoms with van der Waals surface area (Å²) >= 11 is 0. The van der Waals surface area contributed by atoms with Gasteiger partial charge in [-0.15, -0.1) is 0 Å². The largest absolute Gasteiger partial charge is 0.331 e. The van der Waals surface area contributed by atoms with E-state index in [9.17, 15) is 4.79 Å². The van der Waals surface area contributed by atoms with Crippen molar-refractivity contribution in [2.24, 2.45) is 0 Å². The van der Waals surface area contributed by atoms with Crippen LogP contribution in [0.25, 0.3) is 10.9 Å². The smallest absolute Gasteiger partial charge is 0.321 e. The van der Waals surface area contributed by atoms with E-state index in [2.05, 4.69) is 22.4 Å². The van der Waals surface area contributed by atoms with Gasteiger partial charge in [0.25, 0.3) is 0 Å². The van der Waals surface area contributed by atoms with Gasteiger partial charge in [0, 0.05) is 30.9 Å². The average Bonchev–Trinajstić information content (AvgIpc) is 2.56. The molecule has 3 aromatic rings. The molecule has 118 valence electrons. The number of anilines is 1. The quantitative estimate of drug-likeness (QED) is 0.727. The van der Waals surface area contributed by atoms with E-state index in [-0.39, 0.29) is 6.03 Å². The summed E-state index contributed by atoms with van der Waals surface area (Å²) in [6, 6.07) is 21.5. The van der Waals surface area contributed by atoms with E-state index in [1.165, 1.54) is 10.3 Å². The Morgan fingerprint density at radius 1 is 0.913 bits per heavy atom. The molecule has 2 aromatic carbocycles. The zero-order chi connectivity index (χ0) is 16.7. The highest BCUT2D eigenvalue weighted by atomic mass is 16.2. The summed E-state index contributed by atoms with van der Waals surface area (Å²) in [6.07, 6.45) is 0. The molecule has 0 spiro atoms. The van der Waals surface area contributed by atoms with Crippen LogP contribution < -0.4 is 5.32 Å². The van der Waals surface area contributed by atoms with Crippen LogP contribution in [0.3, 0.4) is 0 Å². The molecule has 0 saturated carbocycles. The number of carbonyl (C=O) groups is 1. The van der Waals surface area contributed by atoms with Gasteiger partial charge >= 0.3 is 6.03 Å². The number of pyridine rings is 1. The van der Waals surface area contributed by atoms with E-state index >= 15 is 0 Å². The number of benzene rings is 2. The molecule has 0 saturated heterocycles. The van der Waals surface area contributed by atoms with E-state index in [1.54, 1.807) is 14.1 Å². The van der Waals surface area contributed by atoms with Crippen LogP contribution in [0.2, 0.25) is 0 Å². The fourth-order valence-electron chi connectivity index (χ4n) is 1.92. The lowest BCUT2D eigenvalue weighted by molar-refractivity contribution is 0.230. The third kappa shape index (κ3) is 5.11. The monoisotopic (exact) mass is 307 g/mol. The number of rotatable bonds is 1. The number of nitrogens with one attached hydrogen (secondary N) is 1. The molecule has 0 aliphatic heterocycles. The van der Waals surface area contributed by atoms with Gasteiger partial charge in [0.2, 0.25) is 0 Å². The highest BCUT2D eigenvalue weighted by Crippen LogP contribution is 2.10. The lowest BCUT2D eigenvalue weighted by Crippen LogP contribution is -2.27. The van der Waals surface area contributed by atoms with E-state index in [0.717, 1.165) is 16.9 Å². The number of aryl methyl sites for hydroxylation is 1. The van der Waals surface area contributed by atoms with Crippen LogP contribution in [0.4, 0.5) is 10.5 Å². The molecule has 4 heteroatoms. The van der Waals surface area contributed by atoms with Crippen LogP contribution in [0.5, 0.6) is 0 Å². The normalized spacial score (nSPS) is 9.70. The first-order valence-corrected chi connectivity index (χ1v) is 7.42. The van der Waals surface area contributed by atoms with Crippen molar-refractivity contribution in [2.45, 2.75) is 6.92 Å². The van der Waals surface area contributed by atoms with Crippen LogP contribution in [0, 0.1) is 6.92 Å². The molecule has 3 rings (SSSR count). The van der Waals surface area contributed by atoms with E-state index in [0.29, 0.717) is 0 Å². The zero-order valence-electron chi connectivity index (χ0n) is 13.7. The molecule has 4 nitrogen and oxygen atoms in total. The van der Waals surface area contributed by atoms with Crippen molar-refractivity contribution >= 4 is 22.6 Å². The molecular weight excluding hydrogens is 286 g/mol. The number of amides is 2. The molecule has 23 heavy (non-hydrogen) atoms. The number of para-hydroxylation sites is 2. The fourth-order valence-corrected chi connectivity index (χ4v) is 1.92. The summed E-state index contributed by atoms with van der Waals surface area (Å²) in [5.74, 6) is 0. The van der Waals surface area contributed by atoms with Gasteiger partial charge in [0.1, 0.15) is 0 Å². The molecule has 0 atom stereocenters. The lowest BCUT2D eigenvalue weighted by Gasteiger charge is -2.11. The second kappa shape index (κ2) is 7.94. The first-order valence-electron chi connectivity index (χ1n) is 7.42. The van der Waals surface area contributed by atoms with Crippen molar-refractivity contribution in [3.8, 4) is 0 Å². The molecule has 1 heterocycles. The second-order valence-electron chi connectivity index (χ2n) is 5.34. The predicted molar refractivity (Wildman–Crippen MR) is 95.6 cm³/mol. The molecule has 0 unspecified atom stereocenters. The summed E-state index contributed by atoms with van der Waals surface area (Å²) in [5, 5.41) is 3.93. The third-order valence-electron chi connectivity index (χ3n) is 3.17. The number of aromatic nitrogens is 1. The number of carbonyl (C=O) groups excluding carboxylic acids is 1. The van der Waals surface area contributed by atoms with Gasteiger partial charge in [-0.05, 0) is 31.2 Å². The van der Waals surface area contributed by atoms with Crippen molar-refractivity contribution < 1.29 is 4.79 Å². The molecule has 1 N–H and O–H groups in total. The molecular formula is C19H21N3O. The Hall–Kier alpha value is -2.88. The topological polar surface area (TPSA) is 45.2 Å². The van der Waals surface area contributed by atoms with Gasteiger partial charge in [-0.1, -0.05) is 42.5 Å². The van der Waals surface area contributed by atoms with Crippen molar-refractivity contribution in [2.75, 3.05) is 19.4 Å². The summed E-state index contributed by atoms with van der Waals surface area (Å²) in [5.41, 5.74) is 2.97. The molecule has 0 bridgehead atoms. The summed E-state index contributed by atoms with van der Waals surface area (Å²) in [6.45, 7) is 2.01. The minimum atomic E-state index is -0.110. The van der Waals surface area contributed by atoms with Gasteiger partial charge in [-0.2, -0.15) is 0 Å². The van der Waals surface area contributed by atoms with Crippen LogP contribution in [0.1, 0.15) is 5.69 Å². The molecule has 0 aliphatic carbocycles. The maximum absolute atomic E-state index is 11.1. The standard InChI is InChI=1S/C10H9N.C9H12N2O/c1-8-6-7-9-4-2-3-5-10(9)11-8;1-11(2)9(12)10-8-6-4-3-5-7-8/h2-7H,1H3;3-7H,1-2H3,(H,10,12). The molecule has 0 radical (unpaired) electrons. The highest BCUT2D eigenvalue weighted by Gasteiger charge is 2.01. The SMILES string of the molecule is CN(C)C(=O)Nc1ccccc1.Cc1ccc2ccccc2n1. The molecule has 0 fully saturated rings. The third-order valence-corrected chi connectivity index (χ3v) is 3.17. The molecule has 1 aromatic heterocycles. The van der Waals surface area contributed by atoms with E-state index in [1.807, 2.05) is 61.5 Å². The van der Waals surface area contributed by atoms with Crippen molar-refractivity contribution in [3.63, 3.8) is 0 Å². The summed E-state index contributed by atoms with van der Waals surface area (Å²) in [4.78, 5) is 17.0. The number of fused-ring (bicyclic) bond motifs is 1. The van der Waals surface area contributed by atoms with Crippen molar-refractivity contribution in [1.29, 1.82) is 0 Å². The Bertz CT molecular complexity index is 770. The van der Waals surface area contributed by atoms with Crippen molar-refractivity contribution in [3.05, 3.63) is 72.4 Å². The number of hydrogen-bond donors (Lipinski definition) is 1. The van der Waals surface area contributed by atoms with Gasteiger partial charge in [-0.25, -0.2) is 4.79 Å². The summed E-state index contributed by atoms with van der Waals surface area (Å²) in [7, 11) is 3.41. The minimum Gasteiger partial charge on any atom is -0.331 e. The lowest BCUT2D eigenvalue weighted by atomic mass is 10.2. The summed E-state index contributed by atoms with van der Waals surface area (Å²) < 4.78 is 0. The molecule has 0 aliphatic rings. The number of urea groups is 1. The Labute approximate surface area is 136 Å². The Balaban J connectivity index is 0.000000167. The zero-order valence-corrected chi connectivity index (χ0v) is 13.7. The first kappa shape index (κ1) is 16.5.